The third-order valence-electron chi connectivity index (χ3n) is 5.25. The van der Waals surface area contributed by atoms with Crippen LogP contribution in [0.1, 0.15) is 56.4 Å². The van der Waals surface area contributed by atoms with Gasteiger partial charge < -0.3 is 15.4 Å². The number of rotatable bonds is 7. The Morgan fingerprint density at radius 3 is 2.72 bits per heavy atom. The van der Waals surface area contributed by atoms with Gasteiger partial charge in [0, 0.05) is 12.4 Å². The van der Waals surface area contributed by atoms with Crippen molar-refractivity contribution in [2.75, 3.05) is 0 Å². The first-order chi connectivity index (χ1) is 15.3. The summed E-state index contributed by atoms with van der Waals surface area (Å²) in [5.41, 5.74) is 0.221. The molecule has 3 N–H and O–H groups in total. The topological polar surface area (TPSA) is 143 Å². The summed E-state index contributed by atoms with van der Waals surface area (Å²) < 4.78 is 3.12. The Kier molecular flexibility index (Phi) is 5.57. The van der Waals surface area contributed by atoms with E-state index in [0.717, 1.165) is 0 Å². The van der Waals surface area contributed by atoms with E-state index in [1.54, 1.807) is 28.4 Å². The lowest BCUT2D eigenvalue weighted by Gasteiger charge is -2.25. The number of fused-ring (bicyclic) bond motifs is 1. The molecule has 166 valence electrons. The smallest absolute Gasteiger partial charge is 0.293 e. The van der Waals surface area contributed by atoms with E-state index in [0.29, 0.717) is 17.1 Å². The van der Waals surface area contributed by atoms with E-state index in [1.807, 2.05) is 44.2 Å². The molecule has 2 atom stereocenters. The van der Waals surface area contributed by atoms with Crippen molar-refractivity contribution >= 4 is 11.6 Å². The number of aromatic nitrogens is 7. The summed E-state index contributed by atoms with van der Waals surface area (Å²) in [6.45, 7) is 5.49. The number of aliphatic hydroxyl groups is 1. The lowest BCUT2D eigenvalue weighted by Crippen LogP contribution is -2.37. The molecule has 2 unspecified atom stereocenters. The molecule has 11 nitrogen and oxygen atoms in total. The Balaban J connectivity index is 1.45. The highest BCUT2D eigenvalue weighted by Crippen LogP contribution is 2.24. The maximum Gasteiger partial charge on any atom is 0.293 e. The molecule has 4 rings (SSSR count). The van der Waals surface area contributed by atoms with Crippen LogP contribution in [-0.2, 0) is 10.3 Å². The highest BCUT2D eigenvalue weighted by molar-refractivity contribution is 5.77. The van der Waals surface area contributed by atoms with Crippen molar-refractivity contribution in [3.63, 3.8) is 0 Å². The monoisotopic (exact) mass is 436 g/mol. The highest BCUT2D eigenvalue weighted by Gasteiger charge is 2.28. The van der Waals surface area contributed by atoms with Crippen molar-refractivity contribution in [3.8, 4) is 0 Å². The van der Waals surface area contributed by atoms with Gasteiger partial charge in [0.1, 0.15) is 11.8 Å². The lowest BCUT2D eigenvalue weighted by molar-refractivity contribution is -0.123. The van der Waals surface area contributed by atoms with E-state index in [4.69, 9.17) is 0 Å². The number of nitrogens with zero attached hydrogens (tertiary/aromatic N) is 6. The number of carbonyl (C=O) groups is 1. The Hall–Kier alpha value is -3.86. The largest absolute Gasteiger partial charge is 0.382 e. The van der Waals surface area contributed by atoms with Crippen LogP contribution in [0.3, 0.4) is 0 Å². The normalized spacial score (nSPS) is 13.8. The molecule has 4 aromatic rings. The van der Waals surface area contributed by atoms with Crippen molar-refractivity contribution in [2.24, 2.45) is 0 Å². The van der Waals surface area contributed by atoms with Crippen LogP contribution in [0.25, 0.3) is 5.65 Å². The fourth-order valence-corrected chi connectivity index (χ4v) is 3.49. The minimum atomic E-state index is -0.904. The van der Waals surface area contributed by atoms with Crippen LogP contribution in [-0.4, -0.2) is 45.6 Å². The summed E-state index contributed by atoms with van der Waals surface area (Å²) in [6.07, 6.45) is 3.98. The van der Waals surface area contributed by atoms with Crippen LogP contribution in [0.15, 0.2) is 53.7 Å². The van der Waals surface area contributed by atoms with Gasteiger partial charge in [-0.2, -0.15) is 0 Å². The third-order valence-corrected chi connectivity index (χ3v) is 5.25. The van der Waals surface area contributed by atoms with E-state index >= 15 is 0 Å². The van der Waals surface area contributed by atoms with Gasteiger partial charge in [0.15, 0.2) is 5.82 Å². The molecule has 0 radical (unpaired) electrons. The number of hydrogen-bond donors (Lipinski definition) is 3. The molecule has 0 saturated heterocycles. The van der Waals surface area contributed by atoms with Gasteiger partial charge in [0.2, 0.25) is 11.6 Å². The third kappa shape index (κ3) is 4.14. The minimum Gasteiger partial charge on any atom is -0.382 e. The molecule has 0 bridgehead atoms. The molecule has 11 heteroatoms. The molecular formula is C21H24N8O3. The van der Waals surface area contributed by atoms with E-state index < -0.39 is 17.7 Å². The van der Waals surface area contributed by atoms with Gasteiger partial charge in [-0.05, 0) is 26.3 Å². The number of hydrogen-bond acceptors (Lipinski definition) is 7. The molecule has 3 aromatic heterocycles. The van der Waals surface area contributed by atoms with E-state index in [1.165, 1.54) is 6.20 Å². The summed E-state index contributed by atoms with van der Waals surface area (Å²) in [6, 6.07) is 8.70. The molecule has 0 spiro atoms. The number of nitrogens with one attached hydrogen (secondary N) is 2. The summed E-state index contributed by atoms with van der Waals surface area (Å²) in [5, 5.41) is 29.6. The molecule has 0 saturated carbocycles. The van der Waals surface area contributed by atoms with Gasteiger partial charge in [0.05, 0.1) is 24.2 Å². The molecule has 3 heterocycles. The van der Waals surface area contributed by atoms with Crippen molar-refractivity contribution in [1.82, 2.24) is 39.9 Å². The van der Waals surface area contributed by atoms with Crippen LogP contribution >= 0.6 is 0 Å². The van der Waals surface area contributed by atoms with Crippen LogP contribution in [0, 0.1) is 0 Å². The Morgan fingerprint density at radius 1 is 1.22 bits per heavy atom. The van der Waals surface area contributed by atoms with Crippen LogP contribution < -0.4 is 10.9 Å². The van der Waals surface area contributed by atoms with Crippen molar-refractivity contribution in [3.05, 3.63) is 76.4 Å². The molecule has 1 amide bonds. The van der Waals surface area contributed by atoms with Crippen molar-refractivity contribution in [2.45, 2.75) is 44.9 Å². The molecular weight excluding hydrogens is 412 g/mol. The van der Waals surface area contributed by atoms with Crippen LogP contribution in [0.2, 0.25) is 0 Å². The Bertz CT molecular complexity index is 1290. The maximum atomic E-state index is 12.8. The average molecular weight is 436 g/mol. The fourth-order valence-electron chi connectivity index (χ4n) is 3.49. The first-order valence-electron chi connectivity index (χ1n) is 10.1. The predicted octanol–water partition coefficient (Wildman–Crippen LogP) is 1.09. The van der Waals surface area contributed by atoms with E-state index in [9.17, 15) is 14.7 Å². The van der Waals surface area contributed by atoms with Gasteiger partial charge in [0.25, 0.3) is 5.56 Å². The quantitative estimate of drug-likeness (QED) is 0.393. The Morgan fingerprint density at radius 2 is 1.97 bits per heavy atom. The van der Waals surface area contributed by atoms with Crippen molar-refractivity contribution in [1.29, 1.82) is 0 Å². The van der Waals surface area contributed by atoms with Gasteiger partial charge in [-0.3, -0.25) is 14.0 Å². The van der Waals surface area contributed by atoms with Crippen LogP contribution in [0.4, 0.5) is 0 Å². The summed E-state index contributed by atoms with van der Waals surface area (Å²) in [4.78, 5) is 27.1. The second kappa shape index (κ2) is 8.35. The standard InChI is InChI=1S/C21H24N8O3/c1-13(18-25-26-19-20(32)22-9-10-28(18)19)23-16(30)11-21(2,3)29-12-15(24-27-29)17(31)14-7-5-4-6-8-14/h4-10,12-13,17,31H,11H2,1-3H3,(H,22,32)(H,23,30). The number of H-pyrrole nitrogens is 1. The lowest BCUT2D eigenvalue weighted by atomic mass is 10.00. The molecule has 1 aromatic carbocycles. The highest BCUT2D eigenvalue weighted by atomic mass is 16.3. The first-order valence-corrected chi connectivity index (χ1v) is 10.1. The van der Waals surface area contributed by atoms with E-state index in [2.05, 4.69) is 30.8 Å². The number of aromatic amines is 1. The number of amides is 1. The first kappa shape index (κ1) is 21.4. The maximum absolute atomic E-state index is 12.8. The average Bonchev–Trinajstić information content (AvgIpc) is 3.42. The molecule has 0 aliphatic carbocycles. The van der Waals surface area contributed by atoms with E-state index in [-0.39, 0.29) is 23.5 Å². The summed E-state index contributed by atoms with van der Waals surface area (Å²) in [5.74, 6) is 0.219. The number of carbonyl (C=O) groups excluding carboxylic acids is 1. The number of aliphatic hydroxyl groups excluding tert-OH is 1. The van der Waals surface area contributed by atoms with Gasteiger partial charge in [-0.25, -0.2) is 4.68 Å². The second-order valence-electron chi connectivity index (χ2n) is 8.22. The fraction of sp³-hybridized carbons (Fsp3) is 0.333. The second-order valence-corrected chi connectivity index (χ2v) is 8.22. The predicted molar refractivity (Wildman–Crippen MR) is 115 cm³/mol. The summed E-state index contributed by atoms with van der Waals surface area (Å²) >= 11 is 0. The zero-order chi connectivity index (χ0) is 22.9. The van der Waals surface area contributed by atoms with Gasteiger partial charge in [-0.15, -0.1) is 15.3 Å². The number of benzene rings is 1. The molecule has 0 aliphatic heterocycles. The zero-order valence-corrected chi connectivity index (χ0v) is 17.9. The SMILES string of the molecule is CC(NC(=O)CC(C)(C)n1cc(C(O)c2ccccc2)nn1)c1nnc2c(=O)[nH]ccn12. The molecule has 0 fully saturated rings. The van der Waals surface area contributed by atoms with Gasteiger partial charge in [-0.1, -0.05) is 35.5 Å². The molecule has 32 heavy (non-hydrogen) atoms. The zero-order valence-electron chi connectivity index (χ0n) is 17.9. The van der Waals surface area contributed by atoms with Crippen molar-refractivity contribution < 1.29 is 9.90 Å². The minimum absolute atomic E-state index is 0.110. The van der Waals surface area contributed by atoms with Crippen LogP contribution in [0.5, 0.6) is 0 Å². The Labute approximate surface area is 183 Å². The van der Waals surface area contributed by atoms with Gasteiger partial charge >= 0.3 is 0 Å². The summed E-state index contributed by atoms with van der Waals surface area (Å²) in [7, 11) is 0. The molecule has 0 aliphatic rings.